The highest BCUT2D eigenvalue weighted by Crippen LogP contribution is 2.32. The van der Waals surface area contributed by atoms with Gasteiger partial charge in [0.25, 0.3) is 0 Å². The van der Waals surface area contributed by atoms with Crippen molar-refractivity contribution in [2.45, 2.75) is 0 Å². The van der Waals surface area contributed by atoms with Crippen molar-refractivity contribution >= 4 is 45.4 Å². The molecule has 19 heavy (non-hydrogen) atoms. The molecule has 0 aliphatic carbocycles. The summed E-state index contributed by atoms with van der Waals surface area (Å²) in [6, 6.07) is 9.23. The lowest BCUT2D eigenvalue weighted by molar-refractivity contribution is 0.415. The van der Waals surface area contributed by atoms with Crippen LogP contribution in [-0.4, -0.2) is 17.1 Å². The quantitative estimate of drug-likeness (QED) is 0.645. The third-order valence-corrected chi connectivity index (χ3v) is 4.17. The van der Waals surface area contributed by atoms with Gasteiger partial charge in [-0.05, 0) is 30.3 Å². The zero-order valence-corrected chi connectivity index (χ0v) is 12.2. The lowest BCUT2D eigenvalue weighted by atomic mass is 10.2. The largest absolute Gasteiger partial charge is 0.497 e. The van der Waals surface area contributed by atoms with Gasteiger partial charge in [-0.15, -0.1) is 11.3 Å². The molecule has 0 radical (unpaired) electrons. The van der Waals surface area contributed by atoms with E-state index in [2.05, 4.69) is 9.97 Å². The molecule has 2 heterocycles. The van der Waals surface area contributed by atoms with E-state index >= 15 is 0 Å². The van der Waals surface area contributed by atoms with Crippen LogP contribution in [0.3, 0.4) is 0 Å². The summed E-state index contributed by atoms with van der Waals surface area (Å²) in [4.78, 5) is 9.70. The average Bonchev–Trinajstić information content (AvgIpc) is 2.85. The third-order valence-electron chi connectivity index (χ3n) is 2.65. The van der Waals surface area contributed by atoms with E-state index in [1.54, 1.807) is 7.11 Å². The van der Waals surface area contributed by atoms with Gasteiger partial charge < -0.3 is 4.74 Å². The monoisotopic (exact) mass is 310 g/mol. The van der Waals surface area contributed by atoms with Crippen molar-refractivity contribution in [1.29, 1.82) is 0 Å². The van der Waals surface area contributed by atoms with Crippen LogP contribution in [0, 0.1) is 0 Å². The minimum Gasteiger partial charge on any atom is -0.497 e. The Morgan fingerprint density at radius 1 is 1.11 bits per heavy atom. The summed E-state index contributed by atoms with van der Waals surface area (Å²) >= 11 is 13.6. The van der Waals surface area contributed by atoms with E-state index in [-0.39, 0.29) is 0 Å². The normalized spacial score (nSPS) is 10.9. The van der Waals surface area contributed by atoms with Gasteiger partial charge in [0, 0.05) is 5.39 Å². The van der Waals surface area contributed by atoms with Gasteiger partial charge in [0.2, 0.25) is 0 Å². The fraction of sp³-hybridized carbons (Fsp3) is 0.0769. The topological polar surface area (TPSA) is 35.0 Å². The first-order chi connectivity index (χ1) is 9.17. The Hall–Kier alpha value is -1.36. The molecule has 0 saturated carbocycles. The van der Waals surface area contributed by atoms with Gasteiger partial charge in [-0.1, -0.05) is 23.2 Å². The number of ether oxygens (including phenoxy) is 1. The van der Waals surface area contributed by atoms with Crippen molar-refractivity contribution in [2.75, 3.05) is 7.11 Å². The molecule has 0 saturated heterocycles. The van der Waals surface area contributed by atoms with E-state index in [4.69, 9.17) is 27.9 Å². The van der Waals surface area contributed by atoms with Crippen molar-refractivity contribution in [3.8, 4) is 16.5 Å². The molecule has 0 N–H and O–H groups in total. The third kappa shape index (κ3) is 2.39. The lowest BCUT2D eigenvalue weighted by Crippen LogP contribution is -1.91. The number of benzene rings is 1. The molecule has 1 aromatic carbocycles. The van der Waals surface area contributed by atoms with Crippen molar-refractivity contribution in [2.24, 2.45) is 0 Å². The first kappa shape index (κ1) is 12.7. The molecule has 96 valence electrons. The molecule has 6 heteroatoms. The summed E-state index contributed by atoms with van der Waals surface area (Å²) < 4.78 is 5.86. The van der Waals surface area contributed by atoms with Crippen LogP contribution in [0.4, 0.5) is 0 Å². The average molecular weight is 311 g/mol. The van der Waals surface area contributed by atoms with Gasteiger partial charge in [-0.2, -0.15) is 0 Å². The maximum absolute atomic E-state index is 6.21. The van der Waals surface area contributed by atoms with Gasteiger partial charge in [-0.25, -0.2) is 9.97 Å². The van der Waals surface area contributed by atoms with Crippen LogP contribution < -0.4 is 4.74 Å². The van der Waals surface area contributed by atoms with E-state index in [0.29, 0.717) is 15.3 Å². The van der Waals surface area contributed by atoms with Crippen molar-refractivity contribution in [3.05, 3.63) is 39.8 Å². The molecule has 0 fully saturated rings. The first-order valence-corrected chi connectivity index (χ1v) is 7.01. The van der Waals surface area contributed by atoms with Gasteiger partial charge in [0.05, 0.1) is 21.8 Å². The van der Waals surface area contributed by atoms with Crippen molar-refractivity contribution < 1.29 is 4.74 Å². The molecule has 2 aromatic heterocycles. The fourth-order valence-electron chi connectivity index (χ4n) is 1.74. The number of thiophene rings is 1. The standard InChI is InChI=1S/C13H8Cl2N2OS/c1-18-7-2-3-9-8(6-7)12(15)17-13(16-9)10-4-5-11(14)19-10/h2-6H,1H3. The number of hydrogen-bond donors (Lipinski definition) is 0. The predicted molar refractivity (Wildman–Crippen MR) is 79.4 cm³/mol. The summed E-state index contributed by atoms with van der Waals surface area (Å²) in [7, 11) is 1.61. The van der Waals surface area contributed by atoms with Crippen LogP contribution in [0.2, 0.25) is 9.49 Å². The maximum Gasteiger partial charge on any atom is 0.171 e. The predicted octanol–water partition coefficient (Wildman–Crippen LogP) is 4.67. The minimum absolute atomic E-state index is 0.406. The molecular formula is C13H8Cl2N2OS. The number of aromatic nitrogens is 2. The number of fused-ring (bicyclic) bond motifs is 1. The molecule has 3 aromatic rings. The molecule has 0 bridgehead atoms. The van der Waals surface area contributed by atoms with Gasteiger partial charge in [0.15, 0.2) is 5.82 Å². The molecule has 0 aliphatic heterocycles. The van der Waals surface area contributed by atoms with Gasteiger partial charge >= 0.3 is 0 Å². The molecule has 0 amide bonds. The summed E-state index contributed by atoms with van der Waals surface area (Å²) in [5.41, 5.74) is 0.778. The van der Waals surface area contributed by atoms with E-state index in [1.807, 2.05) is 30.3 Å². The van der Waals surface area contributed by atoms with Crippen molar-refractivity contribution in [3.63, 3.8) is 0 Å². The second kappa shape index (κ2) is 4.96. The summed E-state index contributed by atoms with van der Waals surface area (Å²) in [6.45, 7) is 0. The Morgan fingerprint density at radius 2 is 1.95 bits per heavy atom. The van der Waals surface area contributed by atoms with Crippen LogP contribution in [0.5, 0.6) is 5.75 Å². The van der Waals surface area contributed by atoms with E-state index in [9.17, 15) is 0 Å². The number of hydrogen-bond acceptors (Lipinski definition) is 4. The zero-order chi connectivity index (χ0) is 13.4. The highest BCUT2D eigenvalue weighted by Gasteiger charge is 2.10. The Balaban J connectivity index is 2.19. The van der Waals surface area contributed by atoms with Crippen LogP contribution in [-0.2, 0) is 0 Å². The smallest absolute Gasteiger partial charge is 0.171 e. The Morgan fingerprint density at radius 3 is 2.63 bits per heavy atom. The SMILES string of the molecule is COc1ccc2nc(-c3ccc(Cl)s3)nc(Cl)c2c1. The van der Waals surface area contributed by atoms with E-state index in [1.165, 1.54) is 11.3 Å². The van der Waals surface area contributed by atoms with E-state index < -0.39 is 0 Å². The molecule has 0 aliphatic rings. The number of methoxy groups -OCH3 is 1. The number of rotatable bonds is 2. The Kier molecular flexibility index (Phi) is 3.31. The Bertz CT molecular complexity index is 757. The highest BCUT2D eigenvalue weighted by molar-refractivity contribution is 7.19. The second-order valence-corrected chi connectivity index (χ2v) is 5.90. The first-order valence-electron chi connectivity index (χ1n) is 5.44. The van der Waals surface area contributed by atoms with Crippen LogP contribution in [0.15, 0.2) is 30.3 Å². The summed E-state index contributed by atoms with van der Waals surface area (Å²) in [5, 5.41) is 1.18. The van der Waals surface area contributed by atoms with Gasteiger partial charge in [0.1, 0.15) is 10.9 Å². The summed E-state index contributed by atoms with van der Waals surface area (Å²) in [6.07, 6.45) is 0. The number of nitrogens with zero attached hydrogens (tertiary/aromatic N) is 2. The van der Waals surface area contributed by atoms with Crippen LogP contribution in [0.1, 0.15) is 0 Å². The maximum atomic E-state index is 6.21. The van der Waals surface area contributed by atoms with E-state index in [0.717, 1.165) is 21.5 Å². The molecule has 3 rings (SSSR count). The molecular weight excluding hydrogens is 303 g/mol. The second-order valence-electron chi connectivity index (χ2n) is 3.82. The fourth-order valence-corrected chi connectivity index (χ4v) is 2.95. The molecule has 0 spiro atoms. The Labute approximate surface area is 123 Å². The highest BCUT2D eigenvalue weighted by atomic mass is 35.5. The summed E-state index contributed by atoms with van der Waals surface area (Å²) in [5.74, 6) is 1.31. The molecule has 0 atom stereocenters. The van der Waals surface area contributed by atoms with Crippen molar-refractivity contribution in [1.82, 2.24) is 9.97 Å². The zero-order valence-electron chi connectivity index (χ0n) is 9.85. The molecule has 0 unspecified atom stereocenters. The minimum atomic E-state index is 0.406. The lowest BCUT2D eigenvalue weighted by Gasteiger charge is -2.05. The molecule has 3 nitrogen and oxygen atoms in total. The van der Waals surface area contributed by atoms with Crippen LogP contribution in [0.25, 0.3) is 21.6 Å². The number of halogens is 2. The van der Waals surface area contributed by atoms with Crippen LogP contribution >= 0.6 is 34.5 Å². The van der Waals surface area contributed by atoms with Gasteiger partial charge in [-0.3, -0.25) is 0 Å².